The van der Waals surface area contributed by atoms with Crippen LogP contribution < -0.4 is 5.73 Å². The second-order valence-electron chi connectivity index (χ2n) is 3.98. The third-order valence-electron chi connectivity index (χ3n) is 2.70. The van der Waals surface area contributed by atoms with Crippen LogP contribution in [0, 0.1) is 0 Å². The summed E-state index contributed by atoms with van der Waals surface area (Å²) in [5, 5.41) is 4.67. The van der Waals surface area contributed by atoms with Crippen molar-refractivity contribution in [2.45, 2.75) is 0 Å². The lowest BCUT2D eigenvalue weighted by atomic mass is 10.2. The zero-order valence-electron chi connectivity index (χ0n) is 10.0. The van der Waals surface area contributed by atoms with Gasteiger partial charge in [-0.1, -0.05) is 28.4 Å². The zero-order valence-corrected chi connectivity index (χ0v) is 11.6. The van der Waals surface area contributed by atoms with Gasteiger partial charge < -0.3 is 10.3 Å². The number of halogens is 2. The lowest BCUT2D eigenvalue weighted by molar-refractivity contribution is 0.432. The molecule has 3 rings (SSSR count). The summed E-state index contributed by atoms with van der Waals surface area (Å²) in [6, 6.07) is 6.85. The summed E-state index contributed by atoms with van der Waals surface area (Å²) in [7, 11) is 0. The Labute approximate surface area is 124 Å². The molecule has 100 valence electrons. The van der Waals surface area contributed by atoms with Gasteiger partial charge in [-0.3, -0.25) is 4.98 Å². The molecule has 2 heterocycles. The minimum Gasteiger partial charge on any atom is -0.397 e. The van der Waals surface area contributed by atoms with Crippen molar-refractivity contribution in [3.8, 4) is 22.8 Å². The van der Waals surface area contributed by atoms with Gasteiger partial charge >= 0.3 is 0 Å². The topological polar surface area (TPSA) is 77.8 Å². The summed E-state index contributed by atoms with van der Waals surface area (Å²) in [5.74, 6) is 0.623. The molecule has 1 aromatic carbocycles. The largest absolute Gasteiger partial charge is 0.397 e. The monoisotopic (exact) mass is 306 g/mol. The maximum atomic E-state index is 6.11. The van der Waals surface area contributed by atoms with Crippen molar-refractivity contribution in [2.24, 2.45) is 0 Å². The summed E-state index contributed by atoms with van der Waals surface area (Å²) in [6.07, 6.45) is 3.30. The molecule has 0 saturated heterocycles. The van der Waals surface area contributed by atoms with E-state index in [9.17, 15) is 0 Å². The summed E-state index contributed by atoms with van der Waals surface area (Å²) < 4.78 is 5.21. The number of nitrogen functional groups attached to an aromatic ring is 1. The molecule has 0 fully saturated rings. The van der Waals surface area contributed by atoms with E-state index in [0.717, 1.165) is 5.56 Å². The van der Waals surface area contributed by atoms with Gasteiger partial charge in [0.25, 0.3) is 5.89 Å². The Balaban J connectivity index is 2.10. The normalized spacial score (nSPS) is 10.7. The van der Waals surface area contributed by atoms with Crippen LogP contribution in [0.25, 0.3) is 22.8 Å². The Hall–Kier alpha value is -2.11. The van der Waals surface area contributed by atoms with E-state index in [1.165, 1.54) is 0 Å². The predicted molar refractivity (Wildman–Crippen MR) is 77.4 cm³/mol. The minimum atomic E-state index is 0.217. The molecule has 0 radical (unpaired) electrons. The fourth-order valence-corrected chi connectivity index (χ4v) is 2.13. The van der Waals surface area contributed by atoms with Gasteiger partial charge in [-0.2, -0.15) is 4.98 Å². The van der Waals surface area contributed by atoms with E-state index in [0.29, 0.717) is 27.1 Å². The standard InChI is InChI=1S/C13H8Cl2N4O/c14-8-3-4-9(15)11(16)10(8)13-18-12(19-20-13)7-2-1-5-17-6-7/h1-6H,16H2. The number of nitrogens with two attached hydrogens (primary N) is 1. The van der Waals surface area contributed by atoms with E-state index in [1.54, 1.807) is 30.6 Å². The molecule has 5 nitrogen and oxygen atoms in total. The van der Waals surface area contributed by atoms with Crippen LogP contribution >= 0.6 is 23.2 Å². The second-order valence-corrected chi connectivity index (χ2v) is 4.80. The van der Waals surface area contributed by atoms with Gasteiger partial charge in [-0.15, -0.1) is 0 Å². The van der Waals surface area contributed by atoms with Crippen LogP contribution in [-0.4, -0.2) is 15.1 Å². The second kappa shape index (κ2) is 5.11. The summed E-state index contributed by atoms with van der Waals surface area (Å²) >= 11 is 12.1. The van der Waals surface area contributed by atoms with Gasteiger partial charge in [0.1, 0.15) is 0 Å². The van der Waals surface area contributed by atoms with Crippen molar-refractivity contribution in [1.29, 1.82) is 0 Å². The van der Waals surface area contributed by atoms with Crippen LogP contribution in [0.15, 0.2) is 41.2 Å². The molecule has 0 aliphatic heterocycles. The molecular formula is C13H8Cl2N4O. The molecule has 0 saturated carbocycles. The average molecular weight is 307 g/mol. The van der Waals surface area contributed by atoms with Crippen molar-refractivity contribution in [1.82, 2.24) is 15.1 Å². The first kappa shape index (κ1) is 12.9. The summed E-state index contributed by atoms with van der Waals surface area (Å²) in [6.45, 7) is 0. The highest BCUT2D eigenvalue weighted by Gasteiger charge is 2.18. The third-order valence-corrected chi connectivity index (χ3v) is 3.35. The number of aromatic nitrogens is 3. The van der Waals surface area contributed by atoms with Crippen molar-refractivity contribution in [3.63, 3.8) is 0 Å². The number of pyridine rings is 1. The van der Waals surface area contributed by atoms with Gasteiger partial charge in [-0.25, -0.2) is 0 Å². The molecule has 0 spiro atoms. The lowest BCUT2D eigenvalue weighted by Crippen LogP contribution is -1.92. The Morgan fingerprint density at radius 3 is 2.65 bits per heavy atom. The quantitative estimate of drug-likeness (QED) is 0.731. The number of rotatable bonds is 2. The predicted octanol–water partition coefficient (Wildman–Crippen LogP) is 3.69. The smallest absolute Gasteiger partial charge is 0.261 e. The molecule has 0 unspecified atom stereocenters. The Kier molecular flexibility index (Phi) is 3.30. The first-order valence-corrected chi connectivity index (χ1v) is 6.40. The molecule has 0 atom stereocenters. The fraction of sp³-hybridized carbons (Fsp3) is 0. The van der Waals surface area contributed by atoms with Crippen molar-refractivity contribution in [3.05, 3.63) is 46.7 Å². The molecule has 0 bridgehead atoms. The lowest BCUT2D eigenvalue weighted by Gasteiger charge is -2.04. The van der Waals surface area contributed by atoms with Crippen molar-refractivity contribution in [2.75, 3.05) is 5.73 Å². The van der Waals surface area contributed by atoms with Crippen LogP contribution in [0.2, 0.25) is 10.0 Å². The van der Waals surface area contributed by atoms with Gasteiger partial charge in [-0.05, 0) is 24.3 Å². The Bertz CT molecular complexity index is 758. The van der Waals surface area contributed by atoms with Crippen LogP contribution in [0.5, 0.6) is 0 Å². The van der Waals surface area contributed by atoms with Gasteiger partial charge in [0.15, 0.2) is 0 Å². The molecule has 2 N–H and O–H groups in total. The number of hydrogen-bond donors (Lipinski definition) is 1. The minimum absolute atomic E-state index is 0.217. The van der Waals surface area contributed by atoms with E-state index in [-0.39, 0.29) is 5.89 Å². The number of hydrogen-bond acceptors (Lipinski definition) is 5. The molecule has 7 heteroatoms. The molecule has 0 aliphatic carbocycles. The van der Waals surface area contributed by atoms with E-state index < -0.39 is 0 Å². The molecular weight excluding hydrogens is 299 g/mol. The Morgan fingerprint density at radius 2 is 1.90 bits per heavy atom. The number of benzene rings is 1. The summed E-state index contributed by atoms with van der Waals surface area (Å²) in [4.78, 5) is 8.27. The highest BCUT2D eigenvalue weighted by atomic mass is 35.5. The summed E-state index contributed by atoms with van der Waals surface area (Å²) in [5.41, 5.74) is 7.38. The molecule has 2 aromatic heterocycles. The SMILES string of the molecule is Nc1c(Cl)ccc(Cl)c1-c1nc(-c2cccnc2)no1. The first-order chi connectivity index (χ1) is 9.66. The zero-order chi connectivity index (χ0) is 14.1. The van der Waals surface area contributed by atoms with E-state index in [2.05, 4.69) is 15.1 Å². The molecule has 0 aliphatic rings. The van der Waals surface area contributed by atoms with Crippen molar-refractivity contribution < 1.29 is 4.52 Å². The van der Waals surface area contributed by atoms with Gasteiger partial charge in [0.2, 0.25) is 5.82 Å². The molecule has 0 amide bonds. The first-order valence-electron chi connectivity index (χ1n) is 5.65. The highest BCUT2D eigenvalue weighted by molar-refractivity contribution is 6.37. The Morgan fingerprint density at radius 1 is 1.10 bits per heavy atom. The van der Waals surface area contributed by atoms with Crippen LogP contribution in [0.3, 0.4) is 0 Å². The maximum absolute atomic E-state index is 6.11. The van der Waals surface area contributed by atoms with Crippen molar-refractivity contribution >= 4 is 28.9 Å². The number of nitrogens with zero attached hydrogens (tertiary/aromatic N) is 3. The number of anilines is 1. The van der Waals surface area contributed by atoms with E-state index >= 15 is 0 Å². The fourth-order valence-electron chi connectivity index (χ4n) is 1.72. The highest BCUT2D eigenvalue weighted by Crippen LogP contribution is 2.37. The van der Waals surface area contributed by atoms with E-state index in [4.69, 9.17) is 33.5 Å². The van der Waals surface area contributed by atoms with Crippen LogP contribution in [0.1, 0.15) is 0 Å². The van der Waals surface area contributed by atoms with Crippen LogP contribution in [0.4, 0.5) is 5.69 Å². The average Bonchev–Trinajstić information content (AvgIpc) is 2.94. The third kappa shape index (κ3) is 2.21. The maximum Gasteiger partial charge on any atom is 0.261 e. The van der Waals surface area contributed by atoms with Gasteiger partial charge in [0, 0.05) is 18.0 Å². The van der Waals surface area contributed by atoms with E-state index in [1.807, 2.05) is 6.07 Å². The molecule has 20 heavy (non-hydrogen) atoms. The van der Waals surface area contributed by atoms with Crippen LogP contribution in [-0.2, 0) is 0 Å². The molecule has 3 aromatic rings. The van der Waals surface area contributed by atoms with Gasteiger partial charge in [0.05, 0.1) is 21.3 Å².